The average Bonchev–Trinajstić information content (AvgIpc) is 2.59. The second-order valence-electron chi connectivity index (χ2n) is 5.82. The van der Waals surface area contributed by atoms with Gasteiger partial charge in [-0.3, -0.25) is 9.59 Å². The second kappa shape index (κ2) is 8.30. The predicted molar refractivity (Wildman–Crippen MR) is 98.9 cm³/mol. The molecule has 0 aliphatic heterocycles. The molecule has 2 amide bonds. The lowest BCUT2D eigenvalue weighted by Gasteiger charge is -2.13. The zero-order chi connectivity index (χ0) is 18.4. The first-order valence-corrected chi connectivity index (χ1v) is 8.00. The molecule has 25 heavy (non-hydrogen) atoms. The van der Waals surface area contributed by atoms with Gasteiger partial charge in [-0.1, -0.05) is 18.2 Å². The molecule has 0 spiro atoms. The summed E-state index contributed by atoms with van der Waals surface area (Å²) in [4.78, 5) is 23.6. The van der Waals surface area contributed by atoms with E-state index in [1.54, 1.807) is 12.1 Å². The zero-order valence-corrected chi connectivity index (χ0v) is 14.7. The summed E-state index contributed by atoms with van der Waals surface area (Å²) in [7, 11) is 0. The molecule has 0 radical (unpaired) electrons. The van der Waals surface area contributed by atoms with Gasteiger partial charge in [0.05, 0.1) is 6.54 Å². The van der Waals surface area contributed by atoms with Gasteiger partial charge >= 0.3 is 0 Å². The summed E-state index contributed by atoms with van der Waals surface area (Å²) in [5.74, 6) is 0.126. The number of carbonyl (C=O) groups excluding carboxylic acids is 2. The SMILES string of the molecule is Cc1ccc(NC(=O)COc2cccc(C)c2C)cc1NC(=O)CN. The van der Waals surface area contributed by atoms with Crippen LogP contribution in [0.25, 0.3) is 0 Å². The third-order valence-corrected chi connectivity index (χ3v) is 3.89. The molecule has 0 heterocycles. The van der Waals surface area contributed by atoms with E-state index in [0.717, 1.165) is 16.7 Å². The molecule has 2 aromatic rings. The van der Waals surface area contributed by atoms with Crippen LogP contribution in [0, 0.1) is 20.8 Å². The largest absolute Gasteiger partial charge is 0.483 e. The van der Waals surface area contributed by atoms with E-state index < -0.39 is 0 Å². The Morgan fingerprint density at radius 3 is 2.48 bits per heavy atom. The summed E-state index contributed by atoms with van der Waals surface area (Å²) in [6, 6.07) is 11.0. The predicted octanol–water partition coefficient (Wildman–Crippen LogP) is 2.53. The summed E-state index contributed by atoms with van der Waals surface area (Å²) in [5, 5.41) is 5.46. The Hall–Kier alpha value is -2.86. The molecule has 0 unspecified atom stereocenters. The van der Waals surface area contributed by atoms with E-state index in [0.29, 0.717) is 17.1 Å². The summed E-state index contributed by atoms with van der Waals surface area (Å²) < 4.78 is 5.59. The number of benzene rings is 2. The number of amides is 2. The Kier molecular flexibility index (Phi) is 6.14. The Morgan fingerprint density at radius 1 is 1.00 bits per heavy atom. The summed E-state index contributed by atoms with van der Waals surface area (Å²) >= 11 is 0. The molecule has 2 rings (SSSR count). The average molecular weight is 341 g/mol. The molecule has 0 fully saturated rings. The highest BCUT2D eigenvalue weighted by atomic mass is 16.5. The number of nitrogens with two attached hydrogens (primary N) is 1. The lowest BCUT2D eigenvalue weighted by atomic mass is 10.1. The van der Waals surface area contributed by atoms with Crippen LogP contribution in [0.15, 0.2) is 36.4 Å². The summed E-state index contributed by atoms with van der Waals surface area (Å²) in [6.07, 6.45) is 0. The smallest absolute Gasteiger partial charge is 0.262 e. The van der Waals surface area contributed by atoms with Crippen LogP contribution in [0.2, 0.25) is 0 Å². The fourth-order valence-corrected chi connectivity index (χ4v) is 2.26. The summed E-state index contributed by atoms with van der Waals surface area (Å²) in [5.41, 5.74) is 9.50. The normalized spacial score (nSPS) is 10.2. The molecule has 4 N–H and O–H groups in total. The Labute approximate surface area is 147 Å². The van der Waals surface area contributed by atoms with Gasteiger partial charge in [0.1, 0.15) is 5.75 Å². The van der Waals surface area contributed by atoms with Crippen molar-refractivity contribution >= 4 is 23.2 Å². The standard InChI is InChI=1S/C19H23N3O3/c1-12-5-4-6-17(14(12)3)25-11-19(24)21-15-8-7-13(2)16(9-15)22-18(23)10-20/h4-9H,10-11,20H2,1-3H3,(H,21,24)(H,22,23). The van der Waals surface area contributed by atoms with Crippen molar-refractivity contribution in [3.63, 3.8) is 0 Å². The van der Waals surface area contributed by atoms with E-state index in [1.165, 1.54) is 0 Å². The highest BCUT2D eigenvalue weighted by Crippen LogP contribution is 2.22. The number of anilines is 2. The quantitative estimate of drug-likeness (QED) is 0.752. The monoisotopic (exact) mass is 341 g/mol. The van der Waals surface area contributed by atoms with E-state index in [1.807, 2.05) is 45.0 Å². The van der Waals surface area contributed by atoms with Crippen molar-refractivity contribution in [2.45, 2.75) is 20.8 Å². The molecule has 0 aliphatic carbocycles. The van der Waals surface area contributed by atoms with Gasteiger partial charge in [0.15, 0.2) is 6.61 Å². The lowest BCUT2D eigenvalue weighted by molar-refractivity contribution is -0.118. The van der Waals surface area contributed by atoms with Gasteiger partial charge in [-0.15, -0.1) is 0 Å². The van der Waals surface area contributed by atoms with E-state index in [4.69, 9.17) is 10.5 Å². The van der Waals surface area contributed by atoms with Gasteiger partial charge in [-0.2, -0.15) is 0 Å². The van der Waals surface area contributed by atoms with Crippen LogP contribution in [0.5, 0.6) is 5.75 Å². The van der Waals surface area contributed by atoms with Crippen LogP contribution in [0.4, 0.5) is 11.4 Å². The summed E-state index contributed by atoms with van der Waals surface area (Å²) in [6.45, 7) is 5.62. The molecule has 0 aromatic heterocycles. The maximum absolute atomic E-state index is 12.1. The van der Waals surface area contributed by atoms with Crippen LogP contribution < -0.4 is 21.1 Å². The van der Waals surface area contributed by atoms with Crippen molar-refractivity contribution in [3.8, 4) is 5.75 Å². The topological polar surface area (TPSA) is 93.5 Å². The molecule has 0 atom stereocenters. The van der Waals surface area contributed by atoms with Crippen molar-refractivity contribution in [3.05, 3.63) is 53.1 Å². The molecular formula is C19H23N3O3. The van der Waals surface area contributed by atoms with Crippen LogP contribution in [0.3, 0.4) is 0 Å². The van der Waals surface area contributed by atoms with Crippen LogP contribution in [-0.4, -0.2) is 25.0 Å². The fraction of sp³-hybridized carbons (Fsp3) is 0.263. The molecule has 2 aromatic carbocycles. The lowest BCUT2D eigenvalue weighted by Crippen LogP contribution is -2.23. The highest BCUT2D eigenvalue weighted by Gasteiger charge is 2.09. The van der Waals surface area contributed by atoms with Gasteiger partial charge in [0.25, 0.3) is 5.91 Å². The molecular weight excluding hydrogens is 318 g/mol. The first kappa shape index (κ1) is 18.5. The van der Waals surface area contributed by atoms with E-state index in [-0.39, 0.29) is 25.0 Å². The molecule has 0 bridgehead atoms. The van der Waals surface area contributed by atoms with Gasteiger partial charge in [0.2, 0.25) is 5.91 Å². The van der Waals surface area contributed by atoms with Crippen molar-refractivity contribution in [1.29, 1.82) is 0 Å². The minimum atomic E-state index is -0.287. The van der Waals surface area contributed by atoms with E-state index in [9.17, 15) is 9.59 Å². The first-order valence-electron chi connectivity index (χ1n) is 8.00. The Balaban J connectivity index is 1.99. The van der Waals surface area contributed by atoms with Crippen molar-refractivity contribution in [2.24, 2.45) is 5.73 Å². The van der Waals surface area contributed by atoms with Gasteiger partial charge in [-0.25, -0.2) is 0 Å². The first-order chi connectivity index (χ1) is 11.9. The maximum atomic E-state index is 12.1. The number of nitrogens with one attached hydrogen (secondary N) is 2. The second-order valence-corrected chi connectivity index (χ2v) is 5.82. The fourth-order valence-electron chi connectivity index (χ4n) is 2.26. The zero-order valence-electron chi connectivity index (χ0n) is 14.7. The third kappa shape index (κ3) is 5.06. The number of rotatable bonds is 6. The van der Waals surface area contributed by atoms with Crippen LogP contribution in [0.1, 0.15) is 16.7 Å². The van der Waals surface area contributed by atoms with Gasteiger partial charge in [0, 0.05) is 11.4 Å². The van der Waals surface area contributed by atoms with E-state index >= 15 is 0 Å². The van der Waals surface area contributed by atoms with Crippen LogP contribution >= 0.6 is 0 Å². The molecule has 0 saturated heterocycles. The number of ether oxygens (including phenoxy) is 1. The number of hydrogen-bond acceptors (Lipinski definition) is 4. The molecule has 132 valence electrons. The molecule has 6 heteroatoms. The molecule has 0 saturated carbocycles. The third-order valence-electron chi connectivity index (χ3n) is 3.89. The number of aryl methyl sites for hydroxylation is 2. The Morgan fingerprint density at radius 2 is 1.76 bits per heavy atom. The van der Waals surface area contributed by atoms with Crippen molar-refractivity contribution < 1.29 is 14.3 Å². The molecule has 0 aliphatic rings. The molecule has 6 nitrogen and oxygen atoms in total. The number of carbonyl (C=O) groups is 2. The minimum Gasteiger partial charge on any atom is -0.483 e. The maximum Gasteiger partial charge on any atom is 0.262 e. The van der Waals surface area contributed by atoms with Crippen molar-refractivity contribution in [2.75, 3.05) is 23.8 Å². The number of hydrogen-bond donors (Lipinski definition) is 3. The highest BCUT2D eigenvalue weighted by molar-refractivity contribution is 5.95. The van der Waals surface area contributed by atoms with Gasteiger partial charge < -0.3 is 21.1 Å². The van der Waals surface area contributed by atoms with Crippen molar-refractivity contribution in [1.82, 2.24) is 0 Å². The van der Waals surface area contributed by atoms with Crippen LogP contribution in [-0.2, 0) is 9.59 Å². The Bertz CT molecular complexity index is 787. The minimum absolute atomic E-state index is 0.0946. The van der Waals surface area contributed by atoms with Gasteiger partial charge in [-0.05, 0) is 55.7 Å². The van der Waals surface area contributed by atoms with E-state index in [2.05, 4.69) is 10.6 Å².